The van der Waals surface area contributed by atoms with Gasteiger partial charge in [-0.05, 0) is 17.7 Å². The first-order valence-corrected chi connectivity index (χ1v) is 8.29. The lowest BCUT2D eigenvalue weighted by molar-refractivity contribution is 0.602. The maximum atomic E-state index is 11.6. The lowest BCUT2D eigenvalue weighted by Gasteiger charge is -2.02. The predicted molar refractivity (Wildman–Crippen MR) is 67.3 cm³/mol. The minimum atomic E-state index is -3.03. The molecule has 0 heterocycles. The second kappa shape index (κ2) is 5.45. The highest BCUT2D eigenvalue weighted by atomic mass is 32.2. The molecule has 0 amide bonds. The number of hydrogen-bond acceptors (Lipinski definition) is 4. The van der Waals surface area contributed by atoms with Crippen LogP contribution in [0.3, 0.4) is 0 Å². The number of nitrogens with two attached hydrogens (primary N) is 1. The summed E-state index contributed by atoms with van der Waals surface area (Å²) in [5, 5.41) is 0. The Hall–Kier alpha value is -0.880. The first kappa shape index (κ1) is 13.2. The first-order valence-electron chi connectivity index (χ1n) is 4.74. The van der Waals surface area contributed by atoms with Crippen LogP contribution in [0.5, 0.6) is 0 Å². The molecule has 90 valence electrons. The third-order valence-electron chi connectivity index (χ3n) is 1.99. The van der Waals surface area contributed by atoms with E-state index >= 15 is 0 Å². The van der Waals surface area contributed by atoms with Crippen molar-refractivity contribution in [3.63, 3.8) is 0 Å². The molecule has 1 atom stereocenters. The molecule has 0 spiro atoms. The summed E-state index contributed by atoms with van der Waals surface area (Å²) in [5.41, 5.74) is 7.08. The van der Waals surface area contributed by atoms with Gasteiger partial charge in [-0.1, -0.05) is 12.1 Å². The Morgan fingerprint density at radius 2 is 1.81 bits per heavy atom. The zero-order valence-corrected chi connectivity index (χ0v) is 10.7. The smallest absolute Gasteiger partial charge is 0.148 e. The number of sulfone groups is 1. The molecule has 0 saturated carbocycles. The summed E-state index contributed by atoms with van der Waals surface area (Å²) < 4.78 is 33.3. The molecule has 0 saturated heterocycles. The maximum Gasteiger partial charge on any atom is 0.148 e. The molecule has 1 unspecified atom stereocenters. The largest absolute Gasteiger partial charge is 0.399 e. The molecule has 0 aliphatic heterocycles. The summed E-state index contributed by atoms with van der Waals surface area (Å²) in [7, 11) is -4.18. The van der Waals surface area contributed by atoms with Crippen molar-refractivity contribution in [2.45, 2.75) is 5.75 Å². The van der Waals surface area contributed by atoms with Crippen molar-refractivity contribution in [3.05, 3.63) is 29.8 Å². The van der Waals surface area contributed by atoms with Crippen molar-refractivity contribution in [1.82, 2.24) is 0 Å². The van der Waals surface area contributed by atoms with E-state index in [0.717, 1.165) is 11.8 Å². The zero-order valence-electron chi connectivity index (χ0n) is 9.05. The van der Waals surface area contributed by atoms with Gasteiger partial charge < -0.3 is 5.73 Å². The van der Waals surface area contributed by atoms with Gasteiger partial charge in [0.25, 0.3) is 0 Å². The summed E-state index contributed by atoms with van der Waals surface area (Å²) in [6, 6.07) is 7.08. The van der Waals surface area contributed by atoms with E-state index in [1.807, 2.05) is 0 Å². The quantitative estimate of drug-likeness (QED) is 0.786. The highest BCUT2D eigenvalue weighted by molar-refractivity contribution is 7.92. The predicted octanol–water partition coefficient (Wildman–Crippen LogP) is 0.562. The number of anilines is 1. The number of benzene rings is 1. The van der Waals surface area contributed by atoms with E-state index in [0.29, 0.717) is 11.4 Å². The van der Waals surface area contributed by atoms with Gasteiger partial charge in [0.2, 0.25) is 0 Å². The van der Waals surface area contributed by atoms with Crippen LogP contribution in [0.4, 0.5) is 5.69 Å². The van der Waals surface area contributed by atoms with E-state index in [1.54, 1.807) is 24.3 Å². The summed E-state index contributed by atoms with van der Waals surface area (Å²) in [5.74, 6) is 0.521. The molecule has 2 N–H and O–H groups in total. The zero-order chi connectivity index (χ0) is 12.2. The molecule has 0 aromatic heterocycles. The van der Waals surface area contributed by atoms with Crippen LogP contribution in [0.25, 0.3) is 0 Å². The average Bonchev–Trinajstić information content (AvgIpc) is 2.18. The molecule has 0 aliphatic carbocycles. The molecule has 16 heavy (non-hydrogen) atoms. The molecule has 0 radical (unpaired) electrons. The van der Waals surface area contributed by atoms with Crippen LogP contribution in [0.15, 0.2) is 24.3 Å². The van der Waals surface area contributed by atoms with Gasteiger partial charge in [0.15, 0.2) is 0 Å². The molecule has 1 rings (SSSR count). The monoisotopic (exact) mass is 261 g/mol. The SMILES string of the molecule is CS(=O)(=O)CCS(=O)Cc1ccc(N)cc1. The molecule has 0 aliphatic rings. The Labute approximate surface area is 98.2 Å². The van der Waals surface area contributed by atoms with E-state index in [1.165, 1.54) is 0 Å². The topological polar surface area (TPSA) is 77.2 Å². The Balaban J connectivity index is 2.49. The van der Waals surface area contributed by atoms with Gasteiger partial charge in [0, 0.05) is 34.2 Å². The van der Waals surface area contributed by atoms with Gasteiger partial charge in [-0.2, -0.15) is 0 Å². The van der Waals surface area contributed by atoms with Crippen molar-refractivity contribution in [2.75, 3.05) is 23.5 Å². The standard InChI is InChI=1S/C10H15NO3S2/c1-16(13,14)7-6-15(12)8-9-2-4-10(11)5-3-9/h2-5H,6-8,11H2,1H3. The van der Waals surface area contributed by atoms with E-state index in [9.17, 15) is 12.6 Å². The molecule has 0 fully saturated rings. The van der Waals surface area contributed by atoms with Crippen molar-refractivity contribution < 1.29 is 12.6 Å². The maximum absolute atomic E-state index is 11.6. The molecular weight excluding hydrogens is 246 g/mol. The Kier molecular flexibility index (Phi) is 4.49. The van der Waals surface area contributed by atoms with Crippen LogP contribution in [0.2, 0.25) is 0 Å². The molecule has 6 heteroatoms. The van der Waals surface area contributed by atoms with Crippen LogP contribution in [-0.4, -0.2) is 30.4 Å². The van der Waals surface area contributed by atoms with E-state index in [-0.39, 0.29) is 11.5 Å². The van der Waals surface area contributed by atoms with Crippen LogP contribution in [0, 0.1) is 0 Å². The van der Waals surface area contributed by atoms with Crippen LogP contribution < -0.4 is 5.73 Å². The minimum Gasteiger partial charge on any atom is -0.399 e. The minimum absolute atomic E-state index is 0.0332. The molecule has 1 aromatic rings. The van der Waals surface area contributed by atoms with Gasteiger partial charge in [-0.3, -0.25) is 4.21 Å². The van der Waals surface area contributed by atoms with E-state index in [2.05, 4.69) is 0 Å². The van der Waals surface area contributed by atoms with Crippen LogP contribution >= 0.6 is 0 Å². The number of rotatable bonds is 5. The normalized spacial score (nSPS) is 13.6. The Bertz CT molecular complexity index is 465. The fourth-order valence-corrected chi connectivity index (χ4v) is 3.78. The van der Waals surface area contributed by atoms with Gasteiger partial charge in [0.05, 0.1) is 5.75 Å². The van der Waals surface area contributed by atoms with Crippen molar-refractivity contribution in [1.29, 1.82) is 0 Å². The lowest BCUT2D eigenvalue weighted by Crippen LogP contribution is -2.12. The van der Waals surface area contributed by atoms with Crippen molar-refractivity contribution in [2.24, 2.45) is 0 Å². The van der Waals surface area contributed by atoms with Crippen molar-refractivity contribution >= 4 is 26.3 Å². The summed E-state index contributed by atoms with van der Waals surface area (Å²) in [6.45, 7) is 0. The molecule has 4 nitrogen and oxygen atoms in total. The molecule has 0 bridgehead atoms. The third kappa shape index (κ3) is 5.27. The van der Waals surface area contributed by atoms with Gasteiger partial charge in [-0.25, -0.2) is 8.42 Å². The Morgan fingerprint density at radius 3 is 2.31 bits per heavy atom. The number of nitrogen functional groups attached to an aromatic ring is 1. The third-order valence-corrected chi connectivity index (χ3v) is 4.51. The van der Waals surface area contributed by atoms with E-state index < -0.39 is 20.6 Å². The first-order chi connectivity index (χ1) is 7.37. The van der Waals surface area contributed by atoms with E-state index in [4.69, 9.17) is 5.73 Å². The molecular formula is C10H15NO3S2. The average molecular weight is 261 g/mol. The van der Waals surface area contributed by atoms with Gasteiger partial charge in [-0.15, -0.1) is 0 Å². The fraction of sp³-hybridized carbons (Fsp3) is 0.400. The van der Waals surface area contributed by atoms with Gasteiger partial charge >= 0.3 is 0 Å². The van der Waals surface area contributed by atoms with Crippen LogP contribution in [0.1, 0.15) is 5.56 Å². The molecule has 1 aromatic carbocycles. The van der Waals surface area contributed by atoms with Gasteiger partial charge in [0.1, 0.15) is 9.84 Å². The second-order valence-corrected chi connectivity index (χ2v) is 7.50. The second-order valence-electron chi connectivity index (χ2n) is 3.66. The van der Waals surface area contributed by atoms with Crippen LogP contribution in [-0.2, 0) is 26.4 Å². The lowest BCUT2D eigenvalue weighted by atomic mass is 10.2. The summed E-state index contributed by atoms with van der Waals surface area (Å²) >= 11 is 0. The summed E-state index contributed by atoms with van der Waals surface area (Å²) in [6.07, 6.45) is 1.15. The highest BCUT2D eigenvalue weighted by Crippen LogP contribution is 2.08. The number of hydrogen-bond donors (Lipinski definition) is 1. The van der Waals surface area contributed by atoms with Crippen molar-refractivity contribution in [3.8, 4) is 0 Å². The Morgan fingerprint density at radius 1 is 1.25 bits per heavy atom. The fourth-order valence-electron chi connectivity index (χ4n) is 1.12. The summed E-state index contributed by atoms with van der Waals surface area (Å²) in [4.78, 5) is 0. The highest BCUT2D eigenvalue weighted by Gasteiger charge is 2.07.